The van der Waals surface area contributed by atoms with Crippen LogP contribution in [0, 0.1) is 0 Å². The van der Waals surface area contributed by atoms with Gasteiger partial charge in [0.1, 0.15) is 0 Å². The number of hydrogen-bond acceptors (Lipinski definition) is 4. The molecule has 0 unspecified atom stereocenters. The average Bonchev–Trinajstić information content (AvgIpc) is 3.04. The third-order valence-electron chi connectivity index (χ3n) is 3.90. The molecule has 1 aromatic carbocycles. The van der Waals surface area contributed by atoms with Crippen molar-refractivity contribution in [2.24, 2.45) is 0 Å². The van der Waals surface area contributed by atoms with Gasteiger partial charge in [0.2, 0.25) is 11.8 Å². The first-order chi connectivity index (χ1) is 11.2. The highest BCUT2D eigenvalue weighted by molar-refractivity contribution is 6.30. The number of aromatic nitrogens is 2. The first-order valence-corrected chi connectivity index (χ1v) is 8.21. The Morgan fingerprint density at radius 3 is 2.65 bits per heavy atom. The van der Waals surface area contributed by atoms with Gasteiger partial charge in [0.05, 0.1) is 6.54 Å². The number of rotatable bonds is 4. The third-order valence-corrected chi connectivity index (χ3v) is 4.15. The number of hydrogen-bond donors (Lipinski definition) is 2. The lowest BCUT2D eigenvalue weighted by Crippen LogP contribution is -2.42. The van der Waals surface area contributed by atoms with Gasteiger partial charge in [0.25, 0.3) is 0 Å². The van der Waals surface area contributed by atoms with Crippen molar-refractivity contribution >= 4 is 17.6 Å². The molecule has 2 N–H and O–H groups in total. The molecule has 7 heteroatoms. The minimum atomic E-state index is -0.192. The molecule has 23 heavy (non-hydrogen) atoms. The first-order valence-electron chi connectivity index (χ1n) is 7.83. The molecule has 2 aromatic rings. The Morgan fingerprint density at radius 2 is 1.91 bits per heavy atom. The lowest BCUT2D eigenvalue weighted by molar-refractivity contribution is 0.231. The lowest BCUT2D eigenvalue weighted by Gasteiger charge is -2.22. The number of nitrogens with one attached hydrogen (secondary N) is 2. The van der Waals surface area contributed by atoms with Crippen LogP contribution in [0.4, 0.5) is 4.79 Å². The summed E-state index contributed by atoms with van der Waals surface area (Å²) in [5, 5.41) is 14.3. The summed E-state index contributed by atoms with van der Waals surface area (Å²) in [4.78, 5) is 11.9. The van der Waals surface area contributed by atoms with E-state index in [1.54, 1.807) is 12.1 Å². The second-order valence-electron chi connectivity index (χ2n) is 5.67. The number of halogens is 1. The Balaban J connectivity index is 1.50. The minimum Gasteiger partial charge on any atom is -0.419 e. The largest absolute Gasteiger partial charge is 0.419 e. The maximum Gasteiger partial charge on any atom is 0.315 e. The molecule has 1 aromatic heterocycles. The summed E-state index contributed by atoms with van der Waals surface area (Å²) in [6, 6.07) is 7.22. The van der Waals surface area contributed by atoms with Crippen LogP contribution < -0.4 is 10.6 Å². The van der Waals surface area contributed by atoms with Crippen LogP contribution in [0.5, 0.6) is 0 Å². The van der Waals surface area contributed by atoms with Gasteiger partial charge in [-0.05, 0) is 37.1 Å². The van der Waals surface area contributed by atoms with E-state index in [1.807, 2.05) is 12.1 Å². The summed E-state index contributed by atoms with van der Waals surface area (Å²) in [7, 11) is 0. The van der Waals surface area contributed by atoms with E-state index in [2.05, 4.69) is 20.8 Å². The molecular weight excluding hydrogens is 316 g/mol. The number of nitrogens with zero attached hydrogens (tertiary/aromatic N) is 2. The molecular formula is C16H19ClN4O2. The van der Waals surface area contributed by atoms with E-state index in [4.69, 9.17) is 16.0 Å². The van der Waals surface area contributed by atoms with E-state index in [9.17, 15) is 4.79 Å². The lowest BCUT2D eigenvalue weighted by atomic mass is 9.96. The fourth-order valence-electron chi connectivity index (χ4n) is 2.67. The molecule has 1 aliphatic rings. The summed E-state index contributed by atoms with van der Waals surface area (Å²) in [5.41, 5.74) is 0.791. The van der Waals surface area contributed by atoms with Gasteiger partial charge in [-0.25, -0.2) is 4.79 Å². The highest BCUT2D eigenvalue weighted by atomic mass is 35.5. The first kappa shape index (κ1) is 15.8. The van der Waals surface area contributed by atoms with Crippen LogP contribution in [0.25, 0.3) is 11.5 Å². The molecule has 0 saturated heterocycles. The molecule has 0 radical (unpaired) electrons. The number of carbonyl (C=O) groups is 1. The fraction of sp³-hybridized carbons (Fsp3) is 0.438. The molecule has 1 aliphatic carbocycles. The minimum absolute atomic E-state index is 0.192. The van der Waals surface area contributed by atoms with Crippen molar-refractivity contribution in [3.8, 4) is 11.5 Å². The second-order valence-corrected chi connectivity index (χ2v) is 6.11. The molecule has 1 saturated carbocycles. The fourth-order valence-corrected chi connectivity index (χ4v) is 2.80. The van der Waals surface area contributed by atoms with Gasteiger partial charge in [-0.2, -0.15) is 0 Å². The van der Waals surface area contributed by atoms with Crippen LogP contribution >= 0.6 is 11.6 Å². The van der Waals surface area contributed by atoms with Crippen molar-refractivity contribution in [2.75, 3.05) is 0 Å². The van der Waals surface area contributed by atoms with Gasteiger partial charge in [-0.3, -0.25) is 0 Å². The van der Waals surface area contributed by atoms with Gasteiger partial charge >= 0.3 is 6.03 Å². The van der Waals surface area contributed by atoms with Gasteiger partial charge in [-0.15, -0.1) is 10.2 Å². The highest BCUT2D eigenvalue weighted by Gasteiger charge is 2.16. The molecule has 3 rings (SSSR count). The highest BCUT2D eigenvalue weighted by Crippen LogP contribution is 2.20. The van der Waals surface area contributed by atoms with Crippen molar-refractivity contribution in [1.82, 2.24) is 20.8 Å². The summed E-state index contributed by atoms with van der Waals surface area (Å²) in [6.07, 6.45) is 5.72. The molecule has 0 bridgehead atoms. The van der Waals surface area contributed by atoms with Crippen molar-refractivity contribution in [3.63, 3.8) is 0 Å². The van der Waals surface area contributed by atoms with Crippen LogP contribution in [0.15, 0.2) is 28.7 Å². The normalized spacial score (nSPS) is 15.3. The number of amides is 2. The Morgan fingerprint density at radius 1 is 1.17 bits per heavy atom. The van der Waals surface area contributed by atoms with Crippen molar-refractivity contribution in [2.45, 2.75) is 44.7 Å². The molecule has 6 nitrogen and oxygen atoms in total. The number of carbonyl (C=O) groups excluding carboxylic acids is 1. The Hall–Kier alpha value is -2.08. The van der Waals surface area contributed by atoms with E-state index < -0.39 is 0 Å². The van der Waals surface area contributed by atoms with E-state index >= 15 is 0 Å². The van der Waals surface area contributed by atoms with E-state index in [-0.39, 0.29) is 18.6 Å². The van der Waals surface area contributed by atoms with E-state index in [0.717, 1.165) is 18.4 Å². The SMILES string of the molecule is O=C(NCc1nnc(-c2ccc(Cl)cc2)o1)NC1CCCCC1. The maximum absolute atomic E-state index is 11.9. The molecule has 0 aliphatic heterocycles. The predicted octanol–water partition coefficient (Wildman–Crippen LogP) is 3.52. The zero-order valence-corrected chi connectivity index (χ0v) is 13.5. The standard InChI is InChI=1S/C16H19ClN4O2/c17-12-8-6-11(7-9-12)15-21-20-14(23-15)10-18-16(22)19-13-4-2-1-3-5-13/h6-9,13H,1-5,10H2,(H2,18,19,22). The van der Waals surface area contributed by atoms with Crippen LogP contribution in [-0.2, 0) is 6.54 Å². The average molecular weight is 335 g/mol. The summed E-state index contributed by atoms with van der Waals surface area (Å²) < 4.78 is 5.54. The Bertz CT molecular complexity index is 650. The topological polar surface area (TPSA) is 80.1 Å². The Labute approximate surface area is 139 Å². The van der Waals surface area contributed by atoms with Crippen LogP contribution in [0.1, 0.15) is 38.0 Å². The Kier molecular flexibility index (Phi) is 5.12. The molecule has 1 heterocycles. The zero-order chi connectivity index (χ0) is 16.1. The summed E-state index contributed by atoms with van der Waals surface area (Å²) in [6.45, 7) is 0.207. The van der Waals surface area contributed by atoms with Crippen LogP contribution in [-0.4, -0.2) is 22.3 Å². The molecule has 122 valence electrons. The molecule has 0 spiro atoms. The summed E-state index contributed by atoms with van der Waals surface area (Å²) in [5.74, 6) is 0.778. The molecule has 1 fully saturated rings. The van der Waals surface area contributed by atoms with Crippen LogP contribution in [0.2, 0.25) is 5.02 Å². The number of benzene rings is 1. The van der Waals surface area contributed by atoms with Gasteiger partial charge in [0.15, 0.2) is 0 Å². The third kappa shape index (κ3) is 4.45. The van der Waals surface area contributed by atoms with Gasteiger partial charge < -0.3 is 15.1 Å². The monoisotopic (exact) mass is 334 g/mol. The smallest absolute Gasteiger partial charge is 0.315 e. The molecule has 2 amide bonds. The van der Waals surface area contributed by atoms with Gasteiger partial charge in [-0.1, -0.05) is 30.9 Å². The maximum atomic E-state index is 11.9. The van der Waals surface area contributed by atoms with Crippen LogP contribution in [0.3, 0.4) is 0 Å². The summed E-state index contributed by atoms with van der Waals surface area (Å²) >= 11 is 5.85. The quantitative estimate of drug-likeness (QED) is 0.896. The van der Waals surface area contributed by atoms with E-state index in [1.165, 1.54) is 19.3 Å². The van der Waals surface area contributed by atoms with Gasteiger partial charge in [0, 0.05) is 16.6 Å². The van der Waals surface area contributed by atoms with E-state index in [0.29, 0.717) is 16.8 Å². The zero-order valence-electron chi connectivity index (χ0n) is 12.7. The van der Waals surface area contributed by atoms with Crippen molar-refractivity contribution in [1.29, 1.82) is 0 Å². The molecule has 0 atom stereocenters. The second kappa shape index (κ2) is 7.46. The van der Waals surface area contributed by atoms with Crippen molar-refractivity contribution < 1.29 is 9.21 Å². The predicted molar refractivity (Wildman–Crippen MR) is 87.0 cm³/mol. The number of urea groups is 1. The van der Waals surface area contributed by atoms with Crippen molar-refractivity contribution in [3.05, 3.63) is 35.2 Å².